The first-order chi connectivity index (χ1) is 17.8. The van der Waals surface area contributed by atoms with Gasteiger partial charge >= 0.3 is 0 Å². The number of nitrogens with two attached hydrogens (primary N) is 3. The maximum Gasteiger partial charge on any atom is 0.280 e. The number of amides is 1. The molecule has 11 heteroatoms. The van der Waals surface area contributed by atoms with Gasteiger partial charge in [0.25, 0.3) is 5.91 Å². The number of nitrogens with zero attached hydrogens (tertiary/aromatic N) is 4. The highest BCUT2D eigenvalue weighted by molar-refractivity contribution is 6.31. The first kappa shape index (κ1) is 30.1. The van der Waals surface area contributed by atoms with Crippen molar-refractivity contribution in [1.82, 2.24) is 20.2 Å². The Morgan fingerprint density at radius 1 is 1.00 bits per heavy atom. The smallest absolute Gasteiger partial charge is 0.280 e. The number of nitrogens with one attached hydrogen (secondary N) is 1. The molecule has 1 aromatic heterocycles. The molecule has 0 saturated heterocycles. The number of hydrogen-bond acceptors (Lipinski definition) is 8. The molecule has 0 radical (unpaired) electrons. The molecular weight excluding hydrogens is 492 g/mol. The van der Waals surface area contributed by atoms with Crippen LogP contribution in [0.4, 0.5) is 11.6 Å². The summed E-state index contributed by atoms with van der Waals surface area (Å²) in [6.07, 6.45) is 7.55. The molecule has 1 heterocycles. The van der Waals surface area contributed by atoms with Gasteiger partial charge in [-0.1, -0.05) is 50.4 Å². The topological polar surface area (TPSA) is 158 Å². The molecule has 0 atom stereocenters. The van der Waals surface area contributed by atoms with E-state index in [1.807, 2.05) is 12.1 Å². The number of benzene rings is 1. The lowest BCUT2D eigenvalue weighted by atomic mass is 10.1. The molecule has 0 bridgehead atoms. The van der Waals surface area contributed by atoms with Gasteiger partial charge in [0, 0.05) is 13.1 Å². The maximum absolute atomic E-state index is 12.3. The van der Waals surface area contributed by atoms with Crippen LogP contribution in [-0.4, -0.2) is 59.5 Å². The molecule has 0 unspecified atom stereocenters. The number of unbranched alkanes of at least 4 members (excludes halogenated alkanes) is 3. The van der Waals surface area contributed by atoms with Crippen molar-refractivity contribution in [2.45, 2.75) is 58.8 Å². The Labute approximate surface area is 225 Å². The number of rotatable bonds is 16. The molecule has 0 saturated carbocycles. The van der Waals surface area contributed by atoms with E-state index in [0.717, 1.165) is 44.6 Å². The van der Waals surface area contributed by atoms with Crippen molar-refractivity contribution in [3.8, 4) is 5.75 Å². The summed E-state index contributed by atoms with van der Waals surface area (Å²) in [7, 11) is 0. The van der Waals surface area contributed by atoms with Crippen LogP contribution in [0.1, 0.15) is 68.4 Å². The van der Waals surface area contributed by atoms with E-state index in [1.165, 1.54) is 31.2 Å². The van der Waals surface area contributed by atoms with Crippen molar-refractivity contribution in [1.29, 1.82) is 0 Å². The molecule has 1 amide bonds. The minimum absolute atomic E-state index is 0.0244. The number of guanidine groups is 1. The van der Waals surface area contributed by atoms with Gasteiger partial charge in [0.15, 0.2) is 28.4 Å². The average molecular weight is 533 g/mol. The Balaban J connectivity index is 1.68. The highest BCUT2D eigenvalue weighted by Gasteiger charge is 2.16. The molecule has 204 valence electrons. The second-order valence-corrected chi connectivity index (χ2v) is 9.21. The number of nitrogen functional groups attached to an aromatic ring is 2. The minimum atomic E-state index is -0.648. The zero-order valence-corrected chi connectivity index (χ0v) is 22.8. The van der Waals surface area contributed by atoms with E-state index >= 15 is 0 Å². The predicted molar refractivity (Wildman–Crippen MR) is 151 cm³/mol. The third-order valence-electron chi connectivity index (χ3n) is 5.77. The molecular formula is C26H41ClN8O2. The first-order valence-corrected chi connectivity index (χ1v) is 13.4. The van der Waals surface area contributed by atoms with Crippen molar-refractivity contribution in [3.63, 3.8) is 0 Å². The van der Waals surface area contributed by atoms with Crippen LogP contribution in [0.15, 0.2) is 29.3 Å². The van der Waals surface area contributed by atoms with Gasteiger partial charge in [0.1, 0.15) is 12.4 Å². The number of aryl methyl sites for hydroxylation is 1. The number of anilines is 2. The summed E-state index contributed by atoms with van der Waals surface area (Å²) >= 11 is 5.80. The van der Waals surface area contributed by atoms with Crippen LogP contribution in [0.2, 0.25) is 5.15 Å². The quantitative estimate of drug-likeness (QED) is 0.145. The normalized spacial score (nSPS) is 11.6. The standard InChI is InChI=1S/C26H41ClN8O2/c1-3-5-15-35(16-6-4-2)17-18-37-20-12-10-19(11-13-20)9-7-8-14-31-26(30)34-25(36)21-23(28)33-24(29)22(27)32-21/h10-13H,3-9,14-18H2,1-2H3,(H4,28,29,33)(H3,30,31,34,36). The predicted octanol–water partition coefficient (Wildman–Crippen LogP) is 3.64. The second kappa shape index (κ2) is 16.6. The Bertz CT molecular complexity index is 993. The lowest BCUT2D eigenvalue weighted by molar-refractivity contribution is 0.0972. The highest BCUT2D eigenvalue weighted by Crippen LogP contribution is 2.17. The molecule has 0 fully saturated rings. The highest BCUT2D eigenvalue weighted by atomic mass is 35.5. The summed E-state index contributed by atoms with van der Waals surface area (Å²) in [4.78, 5) is 26.5. The van der Waals surface area contributed by atoms with Crippen LogP contribution in [-0.2, 0) is 6.42 Å². The third kappa shape index (κ3) is 11.2. The summed E-state index contributed by atoms with van der Waals surface area (Å²) in [6.45, 7) is 8.87. The van der Waals surface area contributed by atoms with Gasteiger partial charge in [0.2, 0.25) is 0 Å². The zero-order valence-electron chi connectivity index (χ0n) is 22.0. The van der Waals surface area contributed by atoms with Gasteiger partial charge in [-0.25, -0.2) is 9.97 Å². The van der Waals surface area contributed by atoms with Crippen LogP contribution in [0.5, 0.6) is 5.75 Å². The monoisotopic (exact) mass is 532 g/mol. The van der Waals surface area contributed by atoms with Crippen molar-refractivity contribution < 1.29 is 9.53 Å². The molecule has 0 aliphatic rings. The average Bonchev–Trinajstić information content (AvgIpc) is 2.88. The number of halogens is 1. The zero-order chi connectivity index (χ0) is 27.0. The molecule has 1 aromatic carbocycles. The molecule has 0 aliphatic carbocycles. The van der Waals surface area contributed by atoms with Crippen LogP contribution in [0, 0.1) is 0 Å². The minimum Gasteiger partial charge on any atom is -0.492 e. The van der Waals surface area contributed by atoms with E-state index in [2.05, 4.69) is 51.2 Å². The number of hydrogen-bond donors (Lipinski definition) is 4. The van der Waals surface area contributed by atoms with E-state index < -0.39 is 5.91 Å². The van der Waals surface area contributed by atoms with Crippen LogP contribution >= 0.6 is 11.6 Å². The largest absolute Gasteiger partial charge is 0.492 e. The molecule has 2 rings (SSSR count). The summed E-state index contributed by atoms with van der Waals surface area (Å²) in [5.41, 5.74) is 18.1. The number of ether oxygens (including phenoxy) is 1. The fourth-order valence-electron chi connectivity index (χ4n) is 3.61. The Morgan fingerprint density at radius 2 is 1.68 bits per heavy atom. The van der Waals surface area contributed by atoms with Crippen molar-refractivity contribution >= 4 is 35.1 Å². The van der Waals surface area contributed by atoms with Crippen molar-refractivity contribution in [3.05, 3.63) is 40.7 Å². The van der Waals surface area contributed by atoms with Crippen LogP contribution in [0.25, 0.3) is 0 Å². The lowest BCUT2D eigenvalue weighted by Gasteiger charge is -2.22. The molecule has 0 spiro atoms. The fourth-order valence-corrected chi connectivity index (χ4v) is 3.73. The van der Waals surface area contributed by atoms with Gasteiger partial charge in [0.05, 0.1) is 0 Å². The molecule has 7 N–H and O–H groups in total. The molecule has 37 heavy (non-hydrogen) atoms. The summed E-state index contributed by atoms with van der Waals surface area (Å²) in [6, 6.07) is 8.26. The first-order valence-electron chi connectivity index (χ1n) is 13.0. The number of aliphatic imine (C=N–C) groups is 1. The number of aromatic nitrogens is 2. The number of carbonyl (C=O) groups excluding carboxylic acids is 1. The Hall–Kier alpha value is -3.11. The summed E-state index contributed by atoms with van der Waals surface area (Å²) in [5.74, 6) is 0.0419. The lowest BCUT2D eigenvalue weighted by Crippen LogP contribution is -2.38. The fraction of sp³-hybridized carbons (Fsp3) is 0.538. The summed E-state index contributed by atoms with van der Waals surface area (Å²) < 4.78 is 5.97. The van der Waals surface area contributed by atoms with Gasteiger partial charge in [-0.3, -0.25) is 20.0 Å². The van der Waals surface area contributed by atoms with Crippen LogP contribution < -0.4 is 27.3 Å². The second-order valence-electron chi connectivity index (χ2n) is 8.85. The Morgan fingerprint density at radius 3 is 2.32 bits per heavy atom. The summed E-state index contributed by atoms with van der Waals surface area (Å²) in [5, 5.41) is 2.33. The SMILES string of the molecule is CCCCN(CCCC)CCOc1ccc(CCCCN=C(N)NC(=O)c2nc(Cl)c(N)nc2N)cc1. The van der Waals surface area contributed by atoms with E-state index in [4.69, 9.17) is 33.5 Å². The number of carbonyl (C=O) groups is 1. The van der Waals surface area contributed by atoms with Crippen molar-refractivity contribution in [2.75, 3.05) is 44.3 Å². The van der Waals surface area contributed by atoms with E-state index in [0.29, 0.717) is 13.2 Å². The maximum atomic E-state index is 12.3. The van der Waals surface area contributed by atoms with Gasteiger partial charge in [-0.2, -0.15) is 0 Å². The molecule has 10 nitrogen and oxygen atoms in total. The van der Waals surface area contributed by atoms with Crippen molar-refractivity contribution in [2.24, 2.45) is 10.7 Å². The molecule has 0 aliphatic heterocycles. The van der Waals surface area contributed by atoms with Gasteiger partial charge in [-0.15, -0.1) is 0 Å². The van der Waals surface area contributed by atoms with E-state index in [9.17, 15) is 4.79 Å². The van der Waals surface area contributed by atoms with Gasteiger partial charge in [-0.05, 0) is 62.9 Å². The van der Waals surface area contributed by atoms with E-state index in [-0.39, 0.29) is 28.4 Å². The molecule has 2 aromatic rings. The third-order valence-corrected chi connectivity index (χ3v) is 6.05. The van der Waals surface area contributed by atoms with E-state index in [1.54, 1.807) is 0 Å². The van der Waals surface area contributed by atoms with Crippen LogP contribution in [0.3, 0.4) is 0 Å². The Kier molecular flexibility index (Phi) is 13.5. The van der Waals surface area contributed by atoms with Gasteiger partial charge < -0.3 is 21.9 Å².